The van der Waals surface area contributed by atoms with Crippen molar-refractivity contribution in [1.82, 2.24) is 0 Å². The second-order valence-electron chi connectivity index (χ2n) is 4.24. The molecule has 1 N–H and O–H groups in total. The Morgan fingerprint density at radius 2 is 1.76 bits per heavy atom. The molecule has 0 aliphatic heterocycles. The zero-order valence-corrected chi connectivity index (χ0v) is 10.2. The lowest BCUT2D eigenvalue weighted by Crippen LogP contribution is -2.25. The average molecular weight is 250 g/mol. The van der Waals surface area contributed by atoms with E-state index in [1.165, 1.54) is 0 Å². The molecule has 90 valence electrons. The molecule has 1 aliphatic carbocycles. The summed E-state index contributed by atoms with van der Waals surface area (Å²) in [5.41, 5.74) is 1.05. The van der Waals surface area contributed by atoms with Gasteiger partial charge in [0.05, 0.1) is 16.9 Å². The van der Waals surface area contributed by atoms with Gasteiger partial charge in [0.15, 0.2) is 0 Å². The van der Waals surface area contributed by atoms with Gasteiger partial charge in [0.25, 0.3) is 0 Å². The van der Waals surface area contributed by atoms with E-state index in [1.54, 1.807) is 24.3 Å². The zero-order valence-electron chi connectivity index (χ0n) is 9.39. The van der Waals surface area contributed by atoms with Crippen LogP contribution >= 0.6 is 0 Å². The summed E-state index contributed by atoms with van der Waals surface area (Å²) in [5.74, 6) is 0. The Hall–Kier alpha value is -1.54. The molecule has 17 heavy (non-hydrogen) atoms. The van der Waals surface area contributed by atoms with Gasteiger partial charge in [-0.2, -0.15) is 5.26 Å². The Bertz CT molecular complexity index is 523. The van der Waals surface area contributed by atoms with Crippen molar-refractivity contribution < 1.29 is 8.42 Å². The lowest BCUT2D eigenvalue weighted by molar-refractivity contribution is 0.585. The highest BCUT2D eigenvalue weighted by molar-refractivity contribution is 7.93. The normalized spacial score (nSPS) is 16.6. The standard InChI is InChI=1S/C12H14N2O2S/c13-9-10-5-7-11(8-6-10)14-17(15,16)12-3-1-2-4-12/h5-8,12,14H,1-4H2. The summed E-state index contributed by atoms with van der Waals surface area (Å²) in [6.45, 7) is 0. The summed E-state index contributed by atoms with van der Waals surface area (Å²) in [6.07, 6.45) is 3.45. The van der Waals surface area contributed by atoms with Crippen molar-refractivity contribution in [2.75, 3.05) is 4.72 Å². The number of sulfonamides is 1. The average Bonchev–Trinajstić information content (AvgIpc) is 2.84. The number of hydrogen-bond acceptors (Lipinski definition) is 3. The lowest BCUT2D eigenvalue weighted by Gasteiger charge is -2.13. The number of hydrogen-bond donors (Lipinski definition) is 1. The molecule has 0 unspecified atom stereocenters. The van der Waals surface area contributed by atoms with Gasteiger partial charge in [-0.05, 0) is 37.1 Å². The van der Waals surface area contributed by atoms with E-state index in [2.05, 4.69) is 4.72 Å². The highest BCUT2D eigenvalue weighted by atomic mass is 32.2. The third-order valence-electron chi connectivity index (χ3n) is 3.02. The number of nitrogens with zero attached hydrogens (tertiary/aromatic N) is 1. The van der Waals surface area contributed by atoms with Crippen molar-refractivity contribution >= 4 is 15.7 Å². The molecule has 0 radical (unpaired) electrons. The largest absolute Gasteiger partial charge is 0.283 e. The molecule has 0 heterocycles. The summed E-state index contributed by atoms with van der Waals surface area (Å²) in [6, 6.07) is 8.43. The fourth-order valence-electron chi connectivity index (χ4n) is 2.06. The Kier molecular flexibility index (Phi) is 3.34. The van der Waals surface area contributed by atoms with Crippen LogP contribution in [0.15, 0.2) is 24.3 Å². The molecule has 0 bridgehead atoms. The van der Waals surface area contributed by atoms with Crippen LogP contribution in [0.5, 0.6) is 0 Å². The molecule has 0 atom stereocenters. The molecule has 5 heteroatoms. The van der Waals surface area contributed by atoms with Gasteiger partial charge >= 0.3 is 0 Å². The quantitative estimate of drug-likeness (QED) is 0.894. The third-order valence-corrected chi connectivity index (χ3v) is 4.88. The Balaban J connectivity index is 2.11. The summed E-state index contributed by atoms with van der Waals surface area (Å²) in [4.78, 5) is 0. The molecule has 0 amide bonds. The van der Waals surface area contributed by atoms with Crippen molar-refractivity contribution in [2.45, 2.75) is 30.9 Å². The topological polar surface area (TPSA) is 70.0 Å². The first-order chi connectivity index (χ1) is 8.12. The van der Waals surface area contributed by atoms with E-state index in [9.17, 15) is 8.42 Å². The molecular weight excluding hydrogens is 236 g/mol. The molecule has 1 fully saturated rings. The van der Waals surface area contributed by atoms with Gasteiger partial charge in [0.1, 0.15) is 0 Å². The summed E-state index contributed by atoms with van der Waals surface area (Å²) in [5, 5.41) is 8.38. The SMILES string of the molecule is N#Cc1ccc(NS(=O)(=O)C2CCCC2)cc1. The molecule has 0 saturated heterocycles. The van der Waals surface area contributed by atoms with E-state index in [1.807, 2.05) is 6.07 Å². The summed E-state index contributed by atoms with van der Waals surface area (Å²) < 4.78 is 26.5. The van der Waals surface area contributed by atoms with Gasteiger partial charge in [-0.25, -0.2) is 8.42 Å². The van der Waals surface area contributed by atoms with Crippen LogP contribution in [0.3, 0.4) is 0 Å². The molecule has 2 rings (SSSR count). The lowest BCUT2D eigenvalue weighted by atomic mass is 10.2. The monoisotopic (exact) mass is 250 g/mol. The third kappa shape index (κ3) is 2.77. The van der Waals surface area contributed by atoms with Crippen molar-refractivity contribution in [2.24, 2.45) is 0 Å². The van der Waals surface area contributed by atoms with Crippen LogP contribution in [-0.4, -0.2) is 13.7 Å². The molecule has 1 aromatic rings. The highest BCUT2D eigenvalue weighted by Gasteiger charge is 2.28. The van der Waals surface area contributed by atoms with Gasteiger partial charge in [0, 0.05) is 5.69 Å². The van der Waals surface area contributed by atoms with Crippen molar-refractivity contribution in [3.8, 4) is 6.07 Å². The number of rotatable bonds is 3. The predicted molar refractivity (Wildman–Crippen MR) is 66.0 cm³/mol. The van der Waals surface area contributed by atoms with Crippen molar-refractivity contribution in [3.63, 3.8) is 0 Å². The van der Waals surface area contributed by atoms with Crippen LogP contribution in [0.2, 0.25) is 0 Å². The minimum absolute atomic E-state index is 0.266. The molecule has 1 saturated carbocycles. The minimum Gasteiger partial charge on any atom is -0.283 e. The number of benzene rings is 1. The Morgan fingerprint density at radius 3 is 2.29 bits per heavy atom. The maximum atomic E-state index is 12.0. The van der Waals surface area contributed by atoms with Crippen LogP contribution < -0.4 is 4.72 Å². The van der Waals surface area contributed by atoms with Gasteiger partial charge in [-0.1, -0.05) is 12.8 Å². The van der Waals surface area contributed by atoms with Crippen LogP contribution in [0.1, 0.15) is 31.2 Å². The second kappa shape index (κ2) is 4.76. The van der Waals surface area contributed by atoms with Gasteiger partial charge in [0.2, 0.25) is 10.0 Å². The molecule has 0 spiro atoms. The molecule has 1 aromatic carbocycles. The first-order valence-electron chi connectivity index (χ1n) is 5.63. The minimum atomic E-state index is -3.27. The second-order valence-corrected chi connectivity index (χ2v) is 6.20. The Morgan fingerprint density at radius 1 is 1.18 bits per heavy atom. The van der Waals surface area contributed by atoms with Gasteiger partial charge < -0.3 is 0 Å². The molecular formula is C12H14N2O2S. The number of nitrogens with one attached hydrogen (secondary N) is 1. The van der Waals surface area contributed by atoms with Crippen molar-refractivity contribution in [1.29, 1.82) is 5.26 Å². The smallest absolute Gasteiger partial charge is 0.235 e. The zero-order chi connectivity index (χ0) is 12.3. The molecule has 0 aromatic heterocycles. The highest BCUT2D eigenvalue weighted by Crippen LogP contribution is 2.26. The van der Waals surface area contributed by atoms with E-state index in [-0.39, 0.29) is 5.25 Å². The fourth-order valence-corrected chi connectivity index (χ4v) is 3.64. The van der Waals surface area contributed by atoms with E-state index < -0.39 is 10.0 Å². The fraction of sp³-hybridized carbons (Fsp3) is 0.417. The van der Waals surface area contributed by atoms with E-state index >= 15 is 0 Å². The molecule has 4 nitrogen and oxygen atoms in total. The van der Waals surface area contributed by atoms with Crippen LogP contribution in [0.4, 0.5) is 5.69 Å². The maximum Gasteiger partial charge on any atom is 0.235 e. The van der Waals surface area contributed by atoms with E-state index in [4.69, 9.17) is 5.26 Å². The Labute approximate surface area is 101 Å². The van der Waals surface area contributed by atoms with E-state index in [0.717, 1.165) is 25.7 Å². The maximum absolute atomic E-state index is 12.0. The van der Waals surface area contributed by atoms with Crippen LogP contribution in [-0.2, 0) is 10.0 Å². The predicted octanol–water partition coefficient (Wildman–Crippen LogP) is 2.24. The van der Waals surface area contributed by atoms with Gasteiger partial charge in [-0.15, -0.1) is 0 Å². The molecule has 1 aliphatic rings. The van der Waals surface area contributed by atoms with Crippen LogP contribution in [0, 0.1) is 11.3 Å². The summed E-state index contributed by atoms with van der Waals surface area (Å²) in [7, 11) is -3.27. The number of anilines is 1. The number of nitriles is 1. The first kappa shape index (κ1) is 11.9. The summed E-state index contributed by atoms with van der Waals surface area (Å²) >= 11 is 0. The van der Waals surface area contributed by atoms with Crippen LogP contribution in [0.25, 0.3) is 0 Å². The first-order valence-corrected chi connectivity index (χ1v) is 7.18. The van der Waals surface area contributed by atoms with Gasteiger partial charge in [-0.3, -0.25) is 4.72 Å². The van der Waals surface area contributed by atoms with Crippen molar-refractivity contribution in [3.05, 3.63) is 29.8 Å². The van der Waals surface area contributed by atoms with E-state index in [0.29, 0.717) is 11.3 Å².